The van der Waals surface area contributed by atoms with Gasteiger partial charge in [-0.3, -0.25) is 9.36 Å². The Bertz CT molecular complexity index is 1300. The molecule has 14 nitrogen and oxygen atoms in total. The summed E-state index contributed by atoms with van der Waals surface area (Å²) in [6, 6.07) is 5.87. The number of nitrogens with two attached hydrogens (primary N) is 2. The second kappa shape index (κ2) is 7.95. The normalized spacial score (nSPS) is 23.5. The summed E-state index contributed by atoms with van der Waals surface area (Å²) in [4.78, 5) is 24.0. The van der Waals surface area contributed by atoms with Crippen molar-refractivity contribution >= 4 is 38.6 Å². The molecular weight excluding hydrogens is 446 g/mol. The first kappa shape index (κ1) is 21.8. The Balaban J connectivity index is 1.72. The quantitative estimate of drug-likeness (QED) is 0.173. The summed E-state index contributed by atoms with van der Waals surface area (Å²) in [5.74, 6) is -1.31. The standard InChI is InChI=1S/C17H19N7O7S/c18-8-4-2-1-3-7(8)15(28)23-32(29,30)17-21-13(19)10-14(22-17)24(6-20-10)16-12(27)11(26)9(5-25)31-16/h1-4,6,9,11-12,16,25-27H,5,18H2,(H,23,28)(H2,19,21,22)/t9-,11?,12?,16-/m1/s1. The van der Waals surface area contributed by atoms with Crippen molar-refractivity contribution in [2.75, 3.05) is 18.1 Å². The molecule has 2 aromatic heterocycles. The second-order valence-electron chi connectivity index (χ2n) is 6.97. The SMILES string of the molecule is Nc1ccccc1C(=O)NS(=O)(=O)c1nc(N)c2ncn([C@@H]3O[C@H](CO)C(O)C3O)c2n1. The Morgan fingerprint density at radius 1 is 1.19 bits per heavy atom. The lowest BCUT2D eigenvalue weighted by atomic mass is 10.1. The predicted molar refractivity (Wildman–Crippen MR) is 108 cm³/mol. The summed E-state index contributed by atoms with van der Waals surface area (Å²) >= 11 is 0. The number of imidazole rings is 1. The van der Waals surface area contributed by atoms with Crippen molar-refractivity contribution in [3.8, 4) is 0 Å². The zero-order valence-corrected chi connectivity index (χ0v) is 17.0. The Labute approximate surface area is 180 Å². The lowest BCUT2D eigenvalue weighted by molar-refractivity contribution is -0.0511. The van der Waals surface area contributed by atoms with E-state index in [1.54, 1.807) is 6.07 Å². The number of aromatic nitrogens is 4. The molecule has 0 bridgehead atoms. The molecule has 0 radical (unpaired) electrons. The van der Waals surface area contributed by atoms with Gasteiger partial charge in [0.25, 0.3) is 21.1 Å². The molecule has 3 aromatic rings. The van der Waals surface area contributed by atoms with Crippen LogP contribution in [0, 0.1) is 0 Å². The lowest BCUT2D eigenvalue weighted by Gasteiger charge is -2.16. The van der Waals surface area contributed by atoms with Crippen molar-refractivity contribution in [1.82, 2.24) is 24.2 Å². The molecule has 1 saturated heterocycles. The van der Waals surface area contributed by atoms with E-state index in [4.69, 9.17) is 16.2 Å². The first-order valence-corrected chi connectivity index (χ1v) is 10.7. The van der Waals surface area contributed by atoms with Crippen molar-refractivity contribution in [3.05, 3.63) is 36.2 Å². The number of ether oxygens (including phenoxy) is 1. The molecule has 8 N–H and O–H groups in total. The molecular formula is C17H19N7O7S. The topological polar surface area (TPSA) is 229 Å². The van der Waals surface area contributed by atoms with Gasteiger partial charge < -0.3 is 31.5 Å². The van der Waals surface area contributed by atoms with Crippen LogP contribution in [0.25, 0.3) is 11.2 Å². The fraction of sp³-hybridized carbons (Fsp3) is 0.294. The molecule has 1 aliphatic heterocycles. The van der Waals surface area contributed by atoms with Crippen LogP contribution in [-0.2, 0) is 14.8 Å². The minimum Gasteiger partial charge on any atom is -0.398 e. The number of carbonyl (C=O) groups is 1. The van der Waals surface area contributed by atoms with Gasteiger partial charge in [-0.15, -0.1) is 0 Å². The predicted octanol–water partition coefficient (Wildman–Crippen LogP) is -2.28. The molecule has 1 aliphatic rings. The average molecular weight is 465 g/mol. The fourth-order valence-corrected chi connectivity index (χ4v) is 4.13. The molecule has 15 heteroatoms. The molecule has 1 amide bonds. The molecule has 0 spiro atoms. The number of carbonyl (C=O) groups excluding carboxylic acids is 1. The van der Waals surface area contributed by atoms with Crippen LogP contribution in [0.4, 0.5) is 11.5 Å². The molecule has 0 saturated carbocycles. The van der Waals surface area contributed by atoms with E-state index in [1.807, 2.05) is 4.72 Å². The molecule has 0 aliphatic carbocycles. The van der Waals surface area contributed by atoms with Gasteiger partial charge in [0, 0.05) is 5.69 Å². The molecule has 170 valence electrons. The first-order valence-electron chi connectivity index (χ1n) is 9.18. The van der Waals surface area contributed by atoms with Gasteiger partial charge in [-0.2, -0.15) is 18.4 Å². The highest BCUT2D eigenvalue weighted by atomic mass is 32.2. The molecule has 4 atom stereocenters. The molecule has 1 fully saturated rings. The zero-order chi connectivity index (χ0) is 23.2. The average Bonchev–Trinajstić information content (AvgIpc) is 3.29. The minimum atomic E-state index is -4.59. The number of para-hydroxylation sites is 1. The van der Waals surface area contributed by atoms with Crippen LogP contribution in [0.1, 0.15) is 16.6 Å². The van der Waals surface area contributed by atoms with Crippen molar-refractivity contribution in [1.29, 1.82) is 0 Å². The number of rotatable bonds is 5. The zero-order valence-electron chi connectivity index (χ0n) is 16.2. The van der Waals surface area contributed by atoms with Gasteiger partial charge in [0.2, 0.25) is 0 Å². The summed E-state index contributed by atoms with van der Waals surface area (Å²) in [6.45, 7) is -0.563. The van der Waals surface area contributed by atoms with Gasteiger partial charge in [-0.1, -0.05) is 12.1 Å². The number of hydrogen-bond acceptors (Lipinski definition) is 12. The van der Waals surface area contributed by atoms with Crippen molar-refractivity contribution in [3.63, 3.8) is 0 Å². The molecule has 1 aromatic carbocycles. The monoisotopic (exact) mass is 465 g/mol. The van der Waals surface area contributed by atoms with E-state index in [0.717, 1.165) is 10.9 Å². The smallest absolute Gasteiger partial charge is 0.300 e. The highest BCUT2D eigenvalue weighted by Gasteiger charge is 2.44. The molecule has 4 rings (SSSR count). The maximum atomic E-state index is 12.8. The number of benzene rings is 1. The Kier molecular flexibility index (Phi) is 5.43. The number of nitrogen functional groups attached to an aromatic ring is 2. The van der Waals surface area contributed by atoms with E-state index in [1.165, 1.54) is 18.2 Å². The van der Waals surface area contributed by atoms with E-state index in [0.29, 0.717) is 0 Å². The van der Waals surface area contributed by atoms with Crippen LogP contribution in [0.5, 0.6) is 0 Å². The fourth-order valence-electron chi connectivity index (χ4n) is 3.26. The molecule has 2 unspecified atom stereocenters. The number of anilines is 2. The third-order valence-electron chi connectivity index (χ3n) is 4.89. The van der Waals surface area contributed by atoms with Gasteiger partial charge >= 0.3 is 0 Å². The van der Waals surface area contributed by atoms with Gasteiger partial charge in [0.1, 0.15) is 23.8 Å². The molecule has 3 heterocycles. The van der Waals surface area contributed by atoms with Crippen LogP contribution in [0.3, 0.4) is 0 Å². The van der Waals surface area contributed by atoms with Gasteiger partial charge in [-0.25, -0.2) is 9.71 Å². The third-order valence-corrected chi connectivity index (χ3v) is 6.01. The number of aliphatic hydroxyl groups is 3. The van der Waals surface area contributed by atoms with Crippen LogP contribution < -0.4 is 16.2 Å². The van der Waals surface area contributed by atoms with Crippen LogP contribution in [0.2, 0.25) is 0 Å². The van der Waals surface area contributed by atoms with Gasteiger partial charge in [0.15, 0.2) is 17.7 Å². The van der Waals surface area contributed by atoms with E-state index in [9.17, 15) is 28.5 Å². The van der Waals surface area contributed by atoms with Crippen LogP contribution in [0.15, 0.2) is 35.7 Å². The number of nitrogens with one attached hydrogen (secondary N) is 1. The first-order chi connectivity index (χ1) is 15.1. The Morgan fingerprint density at radius 3 is 2.56 bits per heavy atom. The summed E-state index contributed by atoms with van der Waals surface area (Å²) in [6.07, 6.45) is -4.03. The lowest BCUT2D eigenvalue weighted by Crippen LogP contribution is -2.33. The number of fused-ring (bicyclic) bond motifs is 1. The summed E-state index contributed by atoms with van der Waals surface area (Å²) in [5.41, 5.74) is 11.4. The van der Waals surface area contributed by atoms with E-state index >= 15 is 0 Å². The van der Waals surface area contributed by atoms with Crippen LogP contribution in [-0.4, -0.2) is 74.1 Å². The maximum absolute atomic E-state index is 12.8. The second-order valence-corrected chi connectivity index (χ2v) is 8.54. The number of amides is 1. The van der Waals surface area contributed by atoms with E-state index < -0.39 is 52.2 Å². The van der Waals surface area contributed by atoms with Crippen molar-refractivity contribution < 1.29 is 33.3 Å². The van der Waals surface area contributed by atoms with Gasteiger partial charge in [0.05, 0.1) is 18.5 Å². The summed E-state index contributed by atoms with van der Waals surface area (Å²) < 4.78 is 33.9. The highest BCUT2D eigenvalue weighted by molar-refractivity contribution is 7.89. The summed E-state index contributed by atoms with van der Waals surface area (Å²) in [7, 11) is -4.59. The maximum Gasteiger partial charge on any atom is 0.300 e. The van der Waals surface area contributed by atoms with E-state index in [-0.39, 0.29) is 28.2 Å². The van der Waals surface area contributed by atoms with Gasteiger partial charge in [-0.05, 0) is 12.1 Å². The largest absolute Gasteiger partial charge is 0.398 e. The number of nitrogens with zero attached hydrogens (tertiary/aromatic N) is 4. The minimum absolute atomic E-state index is 0.000295. The van der Waals surface area contributed by atoms with Crippen molar-refractivity contribution in [2.24, 2.45) is 0 Å². The van der Waals surface area contributed by atoms with E-state index in [2.05, 4.69) is 15.0 Å². The summed E-state index contributed by atoms with van der Waals surface area (Å²) in [5, 5.41) is 28.7. The van der Waals surface area contributed by atoms with Crippen molar-refractivity contribution in [2.45, 2.75) is 29.7 Å². The highest BCUT2D eigenvalue weighted by Crippen LogP contribution is 2.32. The number of hydrogen-bond donors (Lipinski definition) is 6. The third kappa shape index (κ3) is 3.61. The number of sulfonamides is 1. The van der Waals surface area contributed by atoms with Crippen LogP contribution >= 0.6 is 0 Å². The Morgan fingerprint density at radius 2 is 1.91 bits per heavy atom. The number of aliphatic hydroxyl groups excluding tert-OH is 3. The Hall–Kier alpha value is -3.37. The molecule has 32 heavy (non-hydrogen) atoms.